The molecule has 1 aromatic carbocycles. The first-order chi connectivity index (χ1) is 11.5. The van der Waals surface area contributed by atoms with Crippen molar-refractivity contribution in [3.05, 3.63) is 18.2 Å². The van der Waals surface area contributed by atoms with Gasteiger partial charge in [0.1, 0.15) is 11.5 Å². The topological polar surface area (TPSA) is 55.8 Å². The second kappa shape index (κ2) is 5.73. The lowest BCUT2D eigenvalue weighted by Gasteiger charge is -2.28. The smallest absolute Gasteiger partial charge is 0.238 e. The van der Waals surface area contributed by atoms with E-state index in [1.54, 1.807) is 25.3 Å². The normalized spacial score (nSPS) is 37.1. The van der Waals surface area contributed by atoms with Gasteiger partial charge in [-0.2, -0.15) is 0 Å². The van der Waals surface area contributed by atoms with Crippen molar-refractivity contribution in [3.63, 3.8) is 0 Å². The molecule has 2 amide bonds. The van der Waals surface area contributed by atoms with E-state index in [4.69, 9.17) is 9.47 Å². The number of alkyl halides is 2. The van der Waals surface area contributed by atoms with E-state index in [9.17, 15) is 9.59 Å². The van der Waals surface area contributed by atoms with Crippen LogP contribution in [0.1, 0.15) is 6.42 Å². The van der Waals surface area contributed by atoms with Gasteiger partial charge in [-0.15, -0.1) is 0 Å². The molecule has 3 fully saturated rings. The maximum atomic E-state index is 13.1. The van der Waals surface area contributed by atoms with Gasteiger partial charge in [-0.25, -0.2) is 4.90 Å². The second-order valence-corrected chi connectivity index (χ2v) is 8.67. The first-order valence-corrected chi connectivity index (χ1v) is 9.70. The molecule has 0 spiro atoms. The van der Waals surface area contributed by atoms with Gasteiger partial charge in [0.25, 0.3) is 0 Å². The quantitative estimate of drug-likeness (QED) is 0.516. The fourth-order valence-corrected chi connectivity index (χ4v) is 6.43. The standard InChI is InChI=1S/C17H17Br2NO4/c1-23-7-3-4-11(24-2)10(5-7)20-16(21)12-8-6-9(13(12)17(20)22)15(19)14(8)18/h3-5,8-9,12-15H,6H2,1-2H3/t8-,9-,12-,13-,14-,15+/m1/s1. The van der Waals surface area contributed by atoms with Gasteiger partial charge >= 0.3 is 0 Å². The predicted octanol–water partition coefficient (Wildman–Crippen LogP) is 2.99. The van der Waals surface area contributed by atoms with Crippen molar-refractivity contribution in [2.24, 2.45) is 23.7 Å². The predicted molar refractivity (Wildman–Crippen MR) is 96.0 cm³/mol. The van der Waals surface area contributed by atoms with E-state index < -0.39 is 0 Å². The number of rotatable bonds is 3. The van der Waals surface area contributed by atoms with Crippen LogP contribution in [0.4, 0.5) is 5.69 Å². The summed E-state index contributed by atoms with van der Waals surface area (Å²) in [7, 11) is 3.09. The fraction of sp³-hybridized carbons (Fsp3) is 0.529. The number of methoxy groups -OCH3 is 2. The average Bonchev–Trinajstić information content (AvgIpc) is 3.19. The highest BCUT2D eigenvalue weighted by Gasteiger charge is 2.66. The fourth-order valence-electron chi connectivity index (χ4n) is 4.56. The van der Waals surface area contributed by atoms with Crippen molar-refractivity contribution in [2.45, 2.75) is 16.1 Å². The maximum Gasteiger partial charge on any atom is 0.238 e. The lowest BCUT2D eigenvalue weighted by Crippen LogP contribution is -2.37. The van der Waals surface area contributed by atoms with Gasteiger partial charge in [-0.3, -0.25) is 9.59 Å². The monoisotopic (exact) mass is 457 g/mol. The first kappa shape index (κ1) is 16.4. The Kier molecular flexibility index (Phi) is 3.91. The molecule has 0 radical (unpaired) electrons. The van der Waals surface area contributed by atoms with E-state index in [-0.39, 0.29) is 45.1 Å². The summed E-state index contributed by atoms with van der Waals surface area (Å²) in [5, 5.41) is 0. The number of fused-ring (bicyclic) bond motifs is 5. The Labute approximate surface area is 156 Å². The number of ether oxygens (including phenoxy) is 2. The van der Waals surface area contributed by atoms with E-state index in [1.165, 1.54) is 12.0 Å². The summed E-state index contributed by atoms with van der Waals surface area (Å²) in [5.41, 5.74) is 0.470. The molecule has 24 heavy (non-hydrogen) atoms. The van der Waals surface area contributed by atoms with Crippen LogP contribution in [0.5, 0.6) is 11.5 Å². The van der Waals surface area contributed by atoms with Crippen LogP contribution in [0.3, 0.4) is 0 Å². The number of hydrogen-bond acceptors (Lipinski definition) is 4. The van der Waals surface area contributed by atoms with Crippen LogP contribution in [0, 0.1) is 23.7 Å². The van der Waals surface area contributed by atoms with Crippen LogP contribution < -0.4 is 14.4 Å². The number of carbonyl (C=O) groups is 2. The molecule has 128 valence electrons. The minimum Gasteiger partial charge on any atom is -0.497 e. The van der Waals surface area contributed by atoms with Crippen molar-refractivity contribution < 1.29 is 19.1 Å². The second-order valence-electron chi connectivity index (χ2n) is 6.55. The SMILES string of the molecule is COc1ccc(OC)c(N2C(=O)[C@@H]3[C@H]4C[C@@H]([C@@H](Br)[C@H]4Br)[C@H]3C2=O)c1. The lowest BCUT2D eigenvalue weighted by molar-refractivity contribution is -0.123. The van der Waals surface area contributed by atoms with Crippen LogP contribution in [0.25, 0.3) is 0 Å². The molecule has 0 unspecified atom stereocenters. The minimum atomic E-state index is -0.239. The van der Waals surface area contributed by atoms with Gasteiger partial charge in [0.2, 0.25) is 11.8 Å². The Morgan fingerprint density at radius 1 is 1.00 bits per heavy atom. The molecular weight excluding hydrogens is 442 g/mol. The van der Waals surface area contributed by atoms with Crippen LogP contribution in [0.2, 0.25) is 0 Å². The van der Waals surface area contributed by atoms with E-state index in [0.29, 0.717) is 17.2 Å². The summed E-state index contributed by atoms with van der Waals surface area (Å²) in [6.45, 7) is 0. The molecule has 2 bridgehead atoms. The third-order valence-electron chi connectivity index (χ3n) is 5.61. The molecule has 1 aliphatic heterocycles. The molecule has 2 aliphatic carbocycles. The summed E-state index contributed by atoms with van der Waals surface area (Å²) in [6.07, 6.45) is 0.918. The number of anilines is 1. The zero-order valence-electron chi connectivity index (χ0n) is 13.2. The largest absolute Gasteiger partial charge is 0.497 e. The summed E-state index contributed by atoms with van der Waals surface area (Å²) in [5.74, 6) is 0.762. The van der Waals surface area contributed by atoms with Crippen LogP contribution in [-0.4, -0.2) is 35.7 Å². The first-order valence-electron chi connectivity index (χ1n) is 7.87. The van der Waals surface area contributed by atoms with Gasteiger partial charge in [-0.05, 0) is 30.4 Å². The zero-order chi connectivity index (χ0) is 17.2. The van der Waals surface area contributed by atoms with Crippen molar-refractivity contribution in [2.75, 3.05) is 19.1 Å². The number of nitrogens with zero attached hydrogens (tertiary/aromatic N) is 1. The Morgan fingerprint density at radius 3 is 2.08 bits per heavy atom. The summed E-state index contributed by atoms with van der Waals surface area (Å²) in [6, 6.07) is 5.16. The van der Waals surface area contributed by atoms with E-state index in [1.807, 2.05) is 0 Å². The summed E-state index contributed by atoms with van der Waals surface area (Å²) in [4.78, 5) is 27.9. The van der Waals surface area contributed by atoms with Crippen LogP contribution in [0.15, 0.2) is 18.2 Å². The van der Waals surface area contributed by atoms with Gasteiger partial charge in [0.05, 0.1) is 31.7 Å². The van der Waals surface area contributed by atoms with E-state index >= 15 is 0 Å². The molecule has 6 atom stereocenters. The lowest BCUT2D eigenvalue weighted by atomic mass is 9.81. The summed E-state index contributed by atoms with van der Waals surface area (Å²) < 4.78 is 10.6. The van der Waals surface area contributed by atoms with Gasteiger partial charge in [0.15, 0.2) is 0 Å². The van der Waals surface area contributed by atoms with Crippen LogP contribution in [-0.2, 0) is 9.59 Å². The Balaban J connectivity index is 1.77. The third-order valence-corrected chi connectivity index (χ3v) is 8.82. The number of halogens is 2. The molecule has 1 aromatic rings. The highest BCUT2D eigenvalue weighted by molar-refractivity contribution is 9.12. The summed E-state index contributed by atoms with van der Waals surface area (Å²) >= 11 is 7.40. The number of carbonyl (C=O) groups excluding carboxylic acids is 2. The molecule has 3 aliphatic rings. The highest BCUT2D eigenvalue weighted by atomic mass is 79.9. The number of imide groups is 1. The molecule has 4 rings (SSSR count). The van der Waals surface area contributed by atoms with Gasteiger partial charge in [-0.1, -0.05) is 31.9 Å². The minimum absolute atomic E-state index is 0.118. The molecule has 0 N–H and O–H groups in total. The van der Waals surface area contributed by atoms with Gasteiger partial charge < -0.3 is 9.47 Å². The van der Waals surface area contributed by atoms with Crippen molar-refractivity contribution in [1.82, 2.24) is 0 Å². The van der Waals surface area contributed by atoms with Crippen molar-refractivity contribution >= 4 is 49.4 Å². The Morgan fingerprint density at radius 2 is 1.58 bits per heavy atom. The molecule has 7 heteroatoms. The van der Waals surface area contributed by atoms with E-state index in [2.05, 4.69) is 31.9 Å². The molecule has 5 nitrogen and oxygen atoms in total. The number of amides is 2. The molecule has 1 heterocycles. The molecular formula is C17H17Br2NO4. The number of hydrogen-bond donors (Lipinski definition) is 0. The van der Waals surface area contributed by atoms with Gasteiger partial charge in [0, 0.05) is 15.7 Å². The Bertz CT molecular complexity index is 693. The van der Waals surface area contributed by atoms with Crippen molar-refractivity contribution in [1.29, 1.82) is 0 Å². The number of benzene rings is 1. The molecule has 0 aromatic heterocycles. The van der Waals surface area contributed by atoms with Crippen molar-refractivity contribution in [3.8, 4) is 11.5 Å². The Hall–Kier alpha value is -1.08. The van der Waals surface area contributed by atoms with E-state index in [0.717, 1.165) is 6.42 Å². The zero-order valence-corrected chi connectivity index (χ0v) is 16.4. The highest BCUT2D eigenvalue weighted by Crippen LogP contribution is 2.61. The van der Waals surface area contributed by atoms with Crippen LogP contribution >= 0.6 is 31.9 Å². The molecule has 1 saturated heterocycles. The maximum absolute atomic E-state index is 13.1. The average molecular weight is 459 g/mol. The molecule has 2 saturated carbocycles. The third kappa shape index (κ3) is 2.03.